The molecule has 0 rings (SSSR count). The molecule has 2 nitrogen and oxygen atoms in total. The molecule has 2 heteroatoms. The van der Waals surface area contributed by atoms with E-state index in [0.29, 0.717) is 6.61 Å². The monoisotopic (exact) mass is 145 g/mol. The number of hydrogen-bond donors (Lipinski definition) is 2. The predicted molar refractivity (Wildman–Crippen MR) is 44.0 cm³/mol. The Balaban J connectivity index is 3.00. The molecule has 0 spiro atoms. The minimum Gasteiger partial charge on any atom is -0.396 e. The molecule has 1 atom stereocenters. The average molecular weight is 145 g/mol. The van der Waals surface area contributed by atoms with Crippen LogP contribution in [0, 0.1) is 5.92 Å². The second-order valence-electron chi connectivity index (χ2n) is 2.86. The summed E-state index contributed by atoms with van der Waals surface area (Å²) in [6.07, 6.45) is 3.32. The highest BCUT2D eigenvalue weighted by atomic mass is 16.2. The molecule has 1 unspecified atom stereocenters. The molecule has 0 aromatic rings. The van der Waals surface area contributed by atoms with Crippen LogP contribution in [0.15, 0.2) is 0 Å². The van der Waals surface area contributed by atoms with E-state index in [-0.39, 0.29) is 0 Å². The summed E-state index contributed by atoms with van der Waals surface area (Å²) in [7, 11) is 1.97. The van der Waals surface area contributed by atoms with Crippen LogP contribution >= 0.6 is 0 Å². The van der Waals surface area contributed by atoms with Gasteiger partial charge in [0.15, 0.2) is 0 Å². The summed E-state index contributed by atoms with van der Waals surface area (Å²) in [5, 5.41) is 11.6. The van der Waals surface area contributed by atoms with Crippen molar-refractivity contribution in [2.45, 2.75) is 26.2 Å². The van der Waals surface area contributed by atoms with Crippen molar-refractivity contribution in [1.29, 1.82) is 0 Å². The van der Waals surface area contributed by atoms with Crippen LogP contribution in [0.4, 0.5) is 0 Å². The molecular formula is C8H19NO. The number of hydrogen-bond acceptors (Lipinski definition) is 2. The van der Waals surface area contributed by atoms with Gasteiger partial charge < -0.3 is 10.4 Å². The van der Waals surface area contributed by atoms with Crippen LogP contribution in [0.5, 0.6) is 0 Å². The SMILES string of the molecule is CNCCC(C)CCCO. The largest absolute Gasteiger partial charge is 0.396 e. The standard InChI is InChI=1S/C8H19NO/c1-8(4-3-7-10)5-6-9-2/h8-10H,3-7H2,1-2H3. The fraction of sp³-hybridized carbons (Fsp3) is 1.00. The molecule has 0 fully saturated rings. The van der Waals surface area contributed by atoms with Crippen molar-refractivity contribution in [3.63, 3.8) is 0 Å². The molecule has 2 N–H and O–H groups in total. The Labute approximate surface area is 63.6 Å². The molecular weight excluding hydrogens is 126 g/mol. The number of aliphatic hydroxyl groups is 1. The highest BCUT2D eigenvalue weighted by Gasteiger charge is 1.99. The topological polar surface area (TPSA) is 32.3 Å². The predicted octanol–water partition coefficient (Wildman–Crippen LogP) is 1.00. The normalized spacial score (nSPS) is 13.5. The maximum Gasteiger partial charge on any atom is 0.0431 e. The molecule has 0 saturated heterocycles. The quantitative estimate of drug-likeness (QED) is 0.584. The summed E-state index contributed by atoms with van der Waals surface area (Å²) < 4.78 is 0. The molecule has 0 saturated carbocycles. The van der Waals surface area contributed by atoms with Crippen molar-refractivity contribution in [3.05, 3.63) is 0 Å². The van der Waals surface area contributed by atoms with E-state index in [1.807, 2.05) is 7.05 Å². The summed E-state index contributed by atoms with van der Waals surface area (Å²) in [6.45, 7) is 3.66. The first-order valence-corrected chi connectivity index (χ1v) is 4.06. The van der Waals surface area contributed by atoms with E-state index >= 15 is 0 Å². The van der Waals surface area contributed by atoms with Crippen LogP contribution in [0.25, 0.3) is 0 Å². The lowest BCUT2D eigenvalue weighted by Gasteiger charge is -2.08. The van der Waals surface area contributed by atoms with Crippen molar-refractivity contribution in [3.8, 4) is 0 Å². The summed E-state index contributed by atoms with van der Waals surface area (Å²) in [5.74, 6) is 0.750. The average Bonchev–Trinajstić information content (AvgIpc) is 1.97. The number of nitrogens with one attached hydrogen (secondary N) is 1. The van der Waals surface area contributed by atoms with Crippen LogP contribution in [-0.2, 0) is 0 Å². The van der Waals surface area contributed by atoms with Gasteiger partial charge in [0, 0.05) is 6.61 Å². The molecule has 0 amide bonds. The van der Waals surface area contributed by atoms with Gasteiger partial charge in [-0.3, -0.25) is 0 Å². The Morgan fingerprint density at radius 1 is 1.40 bits per heavy atom. The maximum absolute atomic E-state index is 8.52. The second-order valence-corrected chi connectivity index (χ2v) is 2.86. The van der Waals surface area contributed by atoms with E-state index in [1.165, 1.54) is 6.42 Å². The fourth-order valence-corrected chi connectivity index (χ4v) is 0.975. The van der Waals surface area contributed by atoms with E-state index in [9.17, 15) is 0 Å². The first-order valence-electron chi connectivity index (χ1n) is 4.06. The van der Waals surface area contributed by atoms with Gasteiger partial charge in [0.2, 0.25) is 0 Å². The summed E-state index contributed by atoms with van der Waals surface area (Å²) >= 11 is 0. The lowest BCUT2D eigenvalue weighted by atomic mass is 10.0. The van der Waals surface area contributed by atoms with Gasteiger partial charge in [0.25, 0.3) is 0 Å². The molecule has 0 aromatic heterocycles. The first-order chi connectivity index (χ1) is 4.81. The molecule has 62 valence electrons. The van der Waals surface area contributed by atoms with Crippen molar-refractivity contribution in [2.24, 2.45) is 5.92 Å². The van der Waals surface area contributed by atoms with Gasteiger partial charge in [0.1, 0.15) is 0 Å². The molecule has 0 bridgehead atoms. The highest BCUT2D eigenvalue weighted by molar-refractivity contribution is 4.53. The lowest BCUT2D eigenvalue weighted by molar-refractivity contribution is 0.271. The Bertz CT molecular complexity index is 58.3. The van der Waals surface area contributed by atoms with Crippen molar-refractivity contribution < 1.29 is 5.11 Å². The number of rotatable bonds is 6. The minimum atomic E-state index is 0.337. The molecule has 0 aromatic carbocycles. The molecule has 0 aliphatic rings. The zero-order chi connectivity index (χ0) is 7.82. The third-order valence-corrected chi connectivity index (χ3v) is 1.74. The van der Waals surface area contributed by atoms with Crippen molar-refractivity contribution in [1.82, 2.24) is 5.32 Å². The molecule has 0 heterocycles. The number of aliphatic hydroxyl groups excluding tert-OH is 1. The molecule has 0 aliphatic heterocycles. The van der Waals surface area contributed by atoms with Crippen LogP contribution in [0.2, 0.25) is 0 Å². The maximum atomic E-state index is 8.52. The van der Waals surface area contributed by atoms with E-state index in [1.54, 1.807) is 0 Å². The zero-order valence-corrected chi connectivity index (χ0v) is 7.06. The van der Waals surface area contributed by atoms with Gasteiger partial charge in [-0.1, -0.05) is 6.92 Å². The van der Waals surface area contributed by atoms with E-state index in [4.69, 9.17) is 5.11 Å². The van der Waals surface area contributed by atoms with Crippen molar-refractivity contribution >= 4 is 0 Å². The van der Waals surface area contributed by atoms with Gasteiger partial charge in [0.05, 0.1) is 0 Å². The smallest absolute Gasteiger partial charge is 0.0431 e. The summed E-state index contributed by atoms with van der Waals surface area (Å²) in [5.41, 5.74) is 0. The third-order valence-electron chi connectivity index (χ3n) is 1.74. The van der Waals surface area contributed by atoms with Gasteiger partial charge in [-0.25, -0.2) is 0 Å². The second kappa shape index (κ2) is 7.03. The Morgan fingerprint density at radius 3 is 2.60 bits per heavy atom. The third kappa shape index (κ3) is 6.05. The van der Waals surface area contributed by atoms with Gasteiger partial charge >= 0.3 is 0 Å². The molecule has 10 heavy (non-hydrogen) atoms. The van der Waals surface area contributed by atoms with Crippen LogP contribution < -0.4 is 5.32 Å². The Morgan fingerprint density at radius 2 is 2.10 bits per heavy atom. The molecule has 0 aliphatic carbocycles. The van der Waals surface area contributed by atoms with Gasteiger partial charge in [-0.05, 0) is 38.8 Å². The summed E-state index contributed by atoms with van der Waals surface area (Å²) in [4.78, 5) is 0. The van der Waals surface area contributed by atoms with E-state index < -0.39 is 0 Å². The Kier molecular flexibility index (Phi) is 6.98. The zero-order valence-electron chi connectivity index (χ0n) is 7.06. The Hall–Kier alpha value is -0.0800. The van der Waals surface area contributed by atoms with Gasteiger partial charge in [-0.15, -0.1) is 0 Å². The van der Waals surface area contributed by atoms with Crippen LogP contribution in [-0.4, -0.2) is 25.3 Å². The lowest BCUT2D eigenvalue weighted by Crippen LogP contribution is -2.11. The molecule has 0 radical (unpaired) electrons. The van der Waals surface area contributed by atoms with Crippen molar-refractivity contribution in [2.75, 3.05) is 20.2 Å². The minimum absolute atomic E-state index is 0.337. The van der Waals surface area contributed by atoms with Gasteiger partial charge in [-0.2, -0.15) is 0 Å². The van der Waals surface area contributed by atoms with E-state index in [2.05, 4.69) is 12.2 Å². The fourth-order valence-electron chi connectivity index (χ4n) is 0.975. The highest BCUT2D eigenvalue weighted by Crippen LogP contribution is 2.07. The summed E-state index contributed by atoms with van der Waals surface area (Å²) in [6, 6.07) is 0. The van der Waals surface area contributed by atoms with E-state index in [0.717, 1.165) is 25.3 Å². The van der Waals surface area contributed by atoms with Crippen LogP contribution in [0.3, 0.4) is 0 Å². The van der Waals surface area contributed by atoms with Crippen LogP contribution in [0.1, 0.15) is 26.2 Å². The first kappa shape index (κ1) is 9.92.